The van der Waals surface area contributed by atoms with Crippen molar-refractivity contribution < 1.29 is 14.3 Å². The molecule has 0 unspecified atom stereocenters. The highest BCUT2D eigenvalue weighted by Gasteiger charge is 2.57. The number of hydrogen-bond donors (Lipinski definition) is 0. The first-order valence-electron chi connectivity index (χ1n) is 6.46. The van der Waals surface area contributed by atoms with Crippen LogP contribution in [0.15, 0.2) is 30.3 Å². The molecular weight excluding hydrogens is 242 g/mol. The number of likely N-dealkylation sites (tertiary alicyclic amines) is 1. The van der Waals surface area contributed by atoms with Crippen LogP contribution in [0.4, 0.5) is 0 Å². The van der Waals surface area contributed by atoms with Crippen LogP contribution in [-0.2, 0) is 20.9 Å². The van der Waals surface area contributed by atoms with Crippen LogP contribution in [0.25, 0.3) is 0 Å². The van der Waals surface area contributed by atoms with Gasteiger partial charge < -0.3 is 14.4 Å². The van der Waals surface area contributed by atoms with Gasteiger partial charge in [0, 0.05) is 26.7 Å². The molecule has 1 amide bonds. The van der Waals surface area contributed by atoms with Gasteiger partial charge in [0.15, 0.2) is 0 Å². The fraction of sp³-hybridized carbons (Fsp3) is 0.467. The van der Waals surface area contributed by atoms with Crippen molar-refractivity contribution in [1.29, 1.82) is 0 Å². The summed E-state index contributed by atoms with van der Waals surface area (Å²) in [7, 11) is 1.60. The normalized spacial score (nSPS) is 26.1. The minimum absolute atomic E-state index is 0.0343. The van der Waals surface area contributed by atoms with Gasteiger partial charge in [-0.3, -0.25) is 4.79 Å². The van der Waals surface area contributed by atoms with Crippen molar-refractivity contribution in [1.82, 2.24) is 4.90 Å². The lowest BCUT2D eigenvalue weighted by Gasteiger charge is -2.53. The minimum atomic E-state index is -0.705. The maximum absolute atomic E-state index is 12.0. The number of carbonyl (C=O) groups is 2. The van der Waals surface area contributed by atoms with E-state index in [1.54, 1.807) is 12.0 Å². The van der Waals surface area contributed by atoms with E-state index < -0.39 is 5.54 Å². The molecule has 1 heterocycles. The molecule has 4 nitrogen and oxygen atoms in total. The molecule has 19 heavy (non-hydrogen) atoms. The summed E-state index contributed by atoms with van der Waals surface area (Å²) in [5, 5.41) is 0. The van der Waals surface area contributed by atoms with E-state index in [9.17, 15) is 9.59 Å². The van der Waals surface area contributed by atoms with Crippen LogP contribution in [0.3, 0.4) is 0 Å². The van der Waals surface area contributed by atoms with Crippen molar-refractivity contribution >= 4 is 12.2 Å². The van der Waals surface area contributed by atoms with Crippen molar-refractivity contribution in [3.05, 3.63) is 35.9 Å². The highest BCUT2D eigenvalue weighted by molar-refractivity contribution is 5.96. The molecule has 0 spiro atoms. The second-order valence-corrected chi connectivity index (χ2v) is 4.98. The lowest BCUT2D eigenvalue weighted by Crippen LogP contribution is -2.70. The summed E-state index contributed by atoms with van der Waals surface area (Å²) in [4.78, 5) is 25.2. The van der Waals surface area contributed by atoms with Crippen LogP contribution in [0, 0.1) is 5.92 Å². The van der Waals surface area contributed by atoms with E-state index in [4.69, 9.17) is 4.74 Å². The van der Waals surface area contributed by atoms with Crippen molar-refractivity contribution in [3.63, 3.8) is 0 Å². The first-order valence-corrected chi connectivity index (χ1v) is 6.46. The molecule has 0 aliphatic carbocycles. The van der Waals surface area contributed by atoms with Crippen LogP contribution in [-0.4, -0.2) is 36.3 Å². The molecule has 1 saturated heterocycles. The quantitative estimate of drug-likeness (QED) is 0.577. The fourth-order valence-corrected chi connectivity index (χ4v) is 2.65. The van der Waals surface area contributed by atoms with E-state index in [2.05, 4.69) is 0 Å². The molecule has 0 radical (unpaired) electrons. The number of benzene rings is 1. The molecule has 1 aromatic rings. The van der Waals surface area contributed by atoms with E-state index in [1.807, 2.05) is 37.3 Å². The third-order valence-electron chi connectivity index (χ3n) is 3.98. The predicted octanol–water partition coefficient (Wildman–Crippen LogP) is 1.64. The molecule has 4 heteroatoms. The Morgan fingerprint density at radius 3 is 2.63 bits per heavy atom. The Labute approximate surface area is 113 Å². The fourth-order valence-electron chi connectivity index (χ4n) is 2.65. The highest BCUT2D eigenvalue weighted by atomic mass is 16.5. The van der Waals surface area contributed by atoms with Gasteiger partial charge in [-0.15, -0.1) is 0 Å². The van der Waals surface area contributed by atoms with Crippen LogP contribution >= 0.6 is 0 Å². The van der Waals surface area contributed by atoms with Gasteiger partial charge in [0.1, 0.15) is 11.8 Å². The number of ether oxygens (including phenoxy) is 1. The van der Waals surface area contributed by atoms with Gasteiger partial charge >= 0.3 is 0 Å². The van der Waals surface area contributed by atoms with Crippen LogP contribution in [0.5, 0.6) is 0 Å². The first-order chi connectivity index (χ1) is 9.15. The molecule has 0 saturated carbocycles. The van der Waals surface area contributed by atoms with Crippen molar-refractivity contribution in [2.24, 2.45) is 5.92 Å². The van der Waals surface area contributed by atoms with Crippen molar-refractivity contribution in [2.45, 2.75) is 25.4 Å². The Bertz CT molecular complexity index is 460. The predicted molar refractivity (Wildman–Crippen MR) is 71.4 cm³/mol. The van der Waals surface area contributed by atoms with Gasteiger partial charge in [-0.25, -0.2) is 0 Å². The summed E-state index contributed by atoms with van der Waals surface area (Å²) < 4.78 is 5.06. The van der Waals surface area contributed by atoms with Gasteiger partial charge in [-0.2, -0.15) is 0 Å². The average Bonchev–Trinajstić information content (AvgIpc) is 2.47. The van der Waals surface area contributed by atoms with Gasteiger partial charge in [0.05, 0.1) is 5.92 Å². The summed E-state index contributed by atoms with van der Waals surface area (Å²) in [6.45, 7) is 2.77. The van der Waals surface area contributed by atoms with E-state index in [1.165, 1.54) is 0 Å². The standard InChI is InChI=1S/C15H19NO3/c1-12-14(18)16(10-13-6-4-3-5-7-13)15(12,11-17)8-9-19-2/h3-7,11-12H,8-10H2,1-2H3/t12-,15-/m0/s1. The Hall–Kier alpha value is -1.68. The van der Waals surface area contributed by atoms with E-state index in [-0.39, 0.29) is 11.8 Å². The summed E-state index contributed by atoms with van der Waals surface area (Å²) in [5.41, 5.74) is 0.328. The topological polar surface area (TPSA) is 46.6 Å². The van der Waals surface area contributed by atoms with E-state index >= 15 is 0 Å². The number of β-lactam (4-membered cyclic amide) rings is 1. The molecular formula is C15H19NO3. The molecule has 0 aromatic heterocycles. The second kappa shape index (κ2) is 5.53. The molecule has 2 rings (SSSR count). The molecule has 2 atom stereocenters. The number of amides is 1. The summed E-state index contributed by atoms with van der Waals surface area (Å²) in [5.74, 6) is -0.226. The van der Waals surface area contributed by atoms with Crippen LogP contribution < -0.4 is 0 Å². The monoisotopic (exact) mass is 261 g/mol. The number of rotatable bonds is 6. The molecule has 1 aliphatic rings. The number of carbonyl (C=O) groups excluding carboxylic acids is 2. The number of nitrogens with zero attached hydrogens (tertiary/aromatic N) is 1. The van der Waals surface area contributed by atoms with E-state index in [0.717, 1.165) is 11.8 Å². The largest absolute Gasteiger partial charge is 0.385 e. The average molecular weight is 261 g/mol. The van der Waals surface area contributed by atoms with Crippen molar-refractivity contribution in [3.8, 4) is 0 Å². The zero-order valence-corrected chi connectivity index (χ0v) is 11.3. The maximum atomic E-state index is 12.0. The lowest BCUT2D eigenvalue weighted by atomic mass is 9.72. The third-order valence-corrected chi connectivity index (χ3v) is 3.98. The summed E-state index contributed by atoms with van der Waals surface area (Å²) in [6, 6.07) is 9.72. The SMILES string of the molecule is COCC[C@]1(C=O)[C@@H](C)C(=O)N1Cc1ccccc1. The summed E-state index contributed by atoms with van der Waals surface area (Å²) in [6.07, 6.45) is 1.45. The van der Waals surface area contributed by atoms with Crippen LogP contribution in [0.2, 0.25) is 0 Å². The zero-order valence-electron chi connectivity index (χ0n) is 11.3. The van der Waals surface area contributed by atoms with Crippen LogP contribution in [0.1, 0.15) is 18.9 Å². The Kier molecular flexibility index (Phi) is 4.00. The number of methoxy groups -OCH3 is 1. The maximum Gasteiger partial charge on any atom is 0.229 e. The Balaban J connectivity index is 2.17. The molecule has 1 aliphatic heterocycles. The Morgan fingerprint density at radius 2 is 2.05 bits per heavy atom. The number of hydrogen-bond acceptors (Lipinski definition) is 3. The smallest absolute Gasteiger partial charge is 0.229 e. The first kappa shape index (κ1) is 13.7. The summed E-state index contributed by atoms with van der Waals surface area (Å²) >= 11 is 0. The van der Waals surface area contributed by atoms with Gasteiger partial charge in [0.25, 0.3) is 0 Å². The molecule has 1 aromatic carbocycles. The van der Waals surface area contributed by atoms with E-state index in [0.29, 0.717) is 19.6 Å². The molecule has 0 N–H and O–H groups in total. The highest BCUT2D eigenvalue weighted by Crippen LogP contribution is 2.40. The molecule has 102 valence electrons. The van der Waals surface area contributed by atoms with Crippen molar-refractivity contribution in [2.75, 3.05) is 13.7 Å². The molecule has 0 bridgehead atoms. The molecule has 1 fully saturated rings. The lowest BCUT2D eigenvalue weighted by molar-refractivity contribution is -0.175. The Morgan fingerprint density at radius 1 is 1.37 bits per heavy atom. The minimum Gasteiger partial charge on any atom is -0.385 e. The number of aldehydes is 1. The van der Waals surface area contributed by atoms with Gasteiger partial charge in [-0.05, 0) is 5.56 Å². The third kappa shape index (κ3) is 2.28. The second-order valence-electron chi connectivity index (χ2n) is 4.98. The van der Waals surface area contributed by atoms with Gasteiger partial charge in [-0.1, -0.05) is 37.3 Å². The zero-order chi connectivity index (χ0) is 13.9. The van der Waals surface area contributed by atoms with Gasteiger partial charge in [0.2, 0.25) is 5.91 Å².